The van der Waals surface area contributed by atoms with Crippen LogP contribution >= 0.6 is 0 Å². The third kappa shape index (κ3) is 4.65. The van der Waals surface area contributed by atoms with E-state index in [1.54, 1.807) is 0 Å². The molecule has 0 aromatic rings. The number of ketones is 1. The fourth-order valence-corrected chi connectivity index (χ4v) is 1.98. The Morgan fingerprint density at radius 2 is 1.44 bits per heavy atom. The molecule has 0 fully saturated rings. The van der Waals surface area contributed by atoms with E-state index in [4.69, 9.17) is 0 Å². The molecule has 0 heterocycles. The molecule has 0 unspecified atom stereocenters. The molecule has 0 radical (unpaired) electrons. The van der Waals surface area contributed by atoms with Gasteiger partial charge in [0.05, 0.1) is 5.54 Å². The van der Waals surface area contributed by atoms with Crippen LogP contribution < -0.4 is 0 Å². The van der Waals surface area contributed by atoms with Gasteiger partial charge in [0, 0.05) is 6.42 Å². The van der Waals surface area contributed by atoms with Crippen LogP contribution in [0.4, 0.5) is 0 Å². The molecule has 96 valence electrons. The average Bonchev–Trinajstić information content (AvgIpc) is 2.14. The van der Waals surface area contributed by atoms with Crippen LogP contribution in [0, 0.1) is 5.41 Å². The summed E-state index contributed by atoms with van der Waals surface area (Å²) in [5.74, 6) is 0.367. The number of nitrogens with zero attached hydrogens (tertiary/aromatic N) is 1. The quantitative estimate of drug-likeness (QED) is 0.692. The molecule has 0 atom stereocenters. The van der Waals surface area contributed by atoms with Crippen molar-refractivity contribution < 1.29 is 4.79 Å². The zero-order chi connectivity index (χ0) is 13.0. The van der Waals surface area contributed by atoms with Crippen LogP contribution in [0.15, 0.2) is 0 Å². The lowest BCUT2D eigenvalue weighted by atomic mass is 9.85. The molecule has 0 aliphatic carbocycles. The number of carbonyl (C=O) groups excluding carboxylic acids is 1. The molecule has 0 amide bonds. The van der Waals surface area contributed by atoms with Gasteiger partial charge in [-0.15, -0.1) is 0 Å². The monoisotopic (exact) mass is 227 g/mol. The number of hydrogen-bond donors (Lipinski definition) is 0. The van der Waals surface area contributed by atoms with Gasteiger partial charge in [-0.3, -0.25) is 9.69 Å². The highest BCUT2D eigenvalue weighted by Gasteiger charge is 2.32. The molecule has 0 aliphatic heterocycles. The smallest absolute Gasteiger partial charge is 0.152 e. The van der Waals surface area contributed by atoms with Crippen molar-refractivity contribution in [1.82, 2.24) is 4.90 Å². The summed E-state index contributed by atoms with van der Waals surface area (Å²) < 4.78 is 0. The Hall–Kier alpha value is -0.370. The maximum Gasteiger partial charge on any atom is 0.152 e. The van der Waals surface area contributed by atoms with Crippen molar-refractivity contribution in [2.24, 2.45) is 5.41 Å². The number of hydrogen-bond acceptors (Lipinski definition) is 2. The van der Waals surface area contributed by atoms with Gasteiger partial charge in [0.2, 0.25) is 0 Å². The standard InChI is InChI=1S/C14H29NO/c1-8-15(9-2)14(6,7)12(16)10-11-13(3,4)5/h8-11H2,1-7H3. The Kier molecular flexibility index (Phi) is 5.67. The molecule has 2 nitrogen and oxygen atoms in total. The Morgan fingerprint density at radius 1 is 1.00 bits per heavy atom. The molecule has 0 bridgehead atoms. The van der Waals surface area contributed by atoms with Crippen LogP contribution in [0.25, 0.3) is 0 Å². The second-order valence-corrected chi connectivity index (χ2v) is 6.22. The van der Waals surface area contributed by atoms with Gasteiger partial charge < -0.3 is 0 Å². The highest BCUT2D eigenvalue weighted by Crippen LogP contribution is 2.24. The van der Waals surface area contributed by atoms with Crippen molar-refractivity contribution in [3.8, 4) is 0 Å². The third-order valence-corrected chi connectivity index (χ3v) is 3.34. The molecule has 0 N–H and O–H groups in total. The van der Waals surface area contributed by atoms with E-state index in [1.807, 2.05) is 13.8 Å². The van der Waals surface area contributed by atoms with Gasteiger partial charge in [-0.05, 0) is 38.8 Å². The van der Waals surface area contributed by atoms with Crippen molar-refractivity contribution in [2.45, 2.75) is 66.8 Å². The van der Waals surface area contributed by atoms with E-state index in [0.717, 1.165) is 19.5 Å². The average molecular weight is 227 g/mol. The molecular weight excluding hydrogens is 198 g/mol. The molecule has 16 heavy (non-hydrogen) atoms. The number of rotatable bonds is 6. The minimum absolute atomic E-state index is 0.245. The predicted octanol–water partition coefficient (Wildman–Crippen LogP) is 3.50. The molecule has 0 aromatic carbocycles. The van der Waals surface area contributed by atoms with Crippen molar-refractivity contribution in [2.75, 3.05) is 13.1 Å². The summed E-state index contributed by atoms with van der Waals surface area (Å²) in [7, 11) is 0. The minimum Gasteiger partial charge on any atom is -0.298 e. The zero-order valence-corrected chi connectivity index (χ0v) is 12.2. The SMILES string of the molecule is CCN(CC)C(C)(C)C(=O)CCC(C)(C)C. The zero-order valence-electron chi connectivity index (χ0n) is 12.2. The lowest BCUT2D eigenvalue weighted by molar-refractivity contribution is -0.129. The van der Waals surface area contributed by atoms with Gasteiger partial charge in [-0.2, -0.15) is 0 Å². The predicted molar refractivity (Wildman–Crippen MR) is 70.7 cm³/mol. The highest BCUT2D eigenvalue weighted by molar-refractivity contribution is 5.87. The lowest BCUT2D eigenvalue weighted by Crippen LogP contribution is -2.50. The first-order valence-corrected chi connectivity index (χ1v) is 6.43. The number of carbonyl (C=O) groups is 1. The normalized spacial score (nSPS) is 13.2. The van der Waals surface area contributed by atoms with Gasteiger partial charge in [0.25, 0.3) is 0 Å². The second kappa shape index (κ2) is 5.81. The van der Waals surface area contributed by atoms with E-state index >= 15 is 0 Å². The van der Waals surface area contributed by atoms with Gasteiger partial charge in [-0.1, -0.05) is 34.6 Å². The van der Waals surface area contributed by atoms with Crippen molar-refractivity contribution in [1.29, 1.82) is 0 Å². The van der Waals surface area contributed by atoms with Gasteiger partial charge in [0.15, 0.2) is 5.78 Å². The summed E-state index contributed by atoms with van der Waals surface area (Å²) in [4.78, 5) is 14.5. The first-order chi connectivity index (χ1) is 7.15. The summed E-state index contributed by atoms with van der Waals surface area (Å²) in [5.41, 5.74) is -0.0657. The largest absolute Gasteiger partial charge is 0.298 e. The minimum atomic E-state index is -0.311. The number of likely N-dealkylation sites (N-methyl/N-ethyl adjacent to an activating group) is 1. The third-order valence-electron chi connectivity index (χ3n) is 3.34. The first kappa shape index (κ1) is 15.6. The Balaban J connectivity index is 4.46. The summed E-state index contributed by atoms with van der Waals surface area (Å²) in [6, 6.07) is 0. The summed E-state index contributed by atoms with van der Waals surface area (Å²) in [6.45, 7) is 16.7. The fourth-order valence-electron chi connectivity index (χ4n) is 1.98. The summed E-state index contributed by atoms with van der Waals surface area (Å²) in [5, 5.41) is 0. The molecule has 2 heteroatoms. The molecule has 0 saturated carbocycles. The van der Waals surface area contributed by atoms with Crippen molar-refractivity contribution >= 4 is 5.78 Å². The lowest BCUT2D eigenvalue weighted by Gasteiger charge is -2.36. The van der Waals surface area contributed by atoms with Gasteiger partial charge in [0.1, 0.15) is 0 Å². The fraction of sp³-hybridized carbons (Fsp3) is 0.929. The molecule has 0 rings (SSSR count). The number of Topliss-reactive ketones (excluding diaryl/α,β-unsaturated/α-hetero) is 1. The van der Waals surface area contributed by atoms with E-state index in [1.165, 1.54) is 0 Å². The van der Waals surface area contributed by atoms with Crippen LogP contribution in [0.5, 0.6) is 0 Å². The summed E-state index contributed by atoms with van der Waals surface area (Å²) >= 11 is 0. The molecule has 0 saturated heterocycles. The van der Waals surface area contributed by atoms with Crippen LogP contribution in [-0.4, -0.2) is 29.3 Å². The molecule has 0 aliphatic rings. The molecule has 0 aromatic heterocycles. The molecular formula is C14H29NO. The van der Waals surface area contributed by atoms with Gasteiger partial charge >= 0.3 is 0 Å². The van der Waals surface area contributed by atoms with Crippen LogP contribution in [0.1, 0.15) is 61.3 Å². The second-order valence-electron chi connectivity index (χ2n) is 6.22. The highest BCUT2D eigenvalue weighted by atomic mass is 16.1. The van der Waals surface area contributed by atoms with Crippen LogP contribution in [0.2, 0.25) is 0 Å². The Morgan fingerprint density at radius 3 is 1.75 bits per heavy atom. The van der Waals surface area contributed by atoms with E-state index in [9.17, 15) is 4.79 Å². The van der Waals surface area contributed by atoms with E-state index in [2.05, 4.69) is 39.5 Å². The summed E-state index contributed by atoms with van der Waals surface area (Å²) in [6.07, 6.45) is 1.66. The maximum absolute atomic E-state index is 12.2. The topological polar surface area (TPSA) is 20.3 Å². The van der Waals surface area contributed by atoms with Crippen LogP contribution in [0.3, 0.4) is 0 Å². The van der Waals surface area contributed by atoms with E-state index < -0.39 is 0 Å². The first-order valence-electron chi connectivity index (χ1n) is 6.43. The Labute approximate surface area is 101 Å². The van der Waals surface area contributed by atoms with E-state index in [0.29, 0.717) is 12.2 Å². The van der Waals surface area contributed by atoms with Crippen molar-refractivity contribution in [3.63, 3.8) is 0 Å². The Bertz CT molecular complexity index is 221. The van der Waals surface area contributed by atoms with E-state index in [-0.39, 0.29) is 11.0 Å². The van der Waals surface area contributed by atoms with Crippen LogP contribution in [-0.2, 0) is 4.79 Å². The maximum atomic E-state index is 12.2. The molecule has 0 spiro atoms. The van der Waals surface area contributed by atoms with Crippen molar-refractivity contribution in [3.05, 3.63) is 0 Å². The van der Waals surface area contributed by atoms with Gasteiger partial charge in [-0.25, -0.2) is 0 Å².